The number of carbonyl (C=O) groups is 1. The van der Waals surface area contributed by atoms with Crippen LogP contribution in [0.3, 0.4) is 0 Å². The number of sulfonamides is 1. The van der Waals surface area contributed by atoms with Crippen molar-refractivity contribution in [1.82, 2.24) is 9.80 Å². The van der Waals surface area contributed by atoms with Crippen LogP contribution in [0.1, 0.15) is 15.9 Å². The predicted octanol–water partition coefficient (Wildman–Crippen LogP) is 2.86. The van der Waals surface area contributed by atoms with Gasteiger partial charge < -0.3 is 9.80 Å². The number of piperazine rings is 1. The van der Waals surface area contributed by atoms with E-state index < -0.39 is 10.0 Å². The van der Waals surface area contributed by atoms with Crippen LogP contribution < -0.4 is 4.31 Å². The molecule has 0 N–H and O–H groups in total. The van der Waals surface area contributed by atoms with Crippen molar-refractivity contribution in [3.05, 3.63) is 58.6 Å². The molecular formula is C20H24ClN3O3S. The zero-order chi connectivity index (χ0) is 20.5. The van der Waals surface area contributed by atoms with E-state index in [-0.39, 0.29) is 10.8 Å². The molecule has 1 heterocycles. The van der Waals surface area contributed by atoms with Crippen molar-refractivity contribution in [3.63, 3.8) is 0 Å². The molecule has 1 aliphatic rings. The highest BCUT2D eigenvalue weighted by Crippen LogP contribution is 2.27. The quantitative estimate of drug-likeness (QED) is 0.761. The van der Waals surface area contributed by atoms with Crippen molar-refractivity contribution in [1.29, 1.82) is 0 Å². The second kappa shape index (κ2) is 8.11. The highest BCUT2D eigenvalue weighted by Gasteiger charge is 2.24. The lowest BCUT2D eigenvalue weighted by molar-refractivity contribution is 0.0664. The maximum atomic E-state index is 12.9. The molecule has 1 amide bonds. The Morgan fingerprint density at radius 3 is 2.21 bits per heavy atom. The first-order valence-electron chi connectivity index (χ1n) is 9.03. The molecule has 0 bridgehead atoms. The van der Waals surface area contributed by atoms with Gasteiger partial charge in [0.25, 0.3) is 15.9 Å². The molecule has 0 aliphatic carbocycles. The first-order chi connectivity index (χ1) is 13.2. The average molecular weight is 422 g/mol. The van der Waals surface area contributed by atoms with Gasteiger partial charge in [-0.15, -0.1) is 0 Å². The number of amides is 1. The van der Waals surface area contributed by atoms with Gasteiger partial charge in [0, 0.05) is 43.8 Å². The van der Waals surface area contributed by atoms with Crippen molar-refractivity contribution in [2.24, 2.45) is 0 Å². The van der Waals surface area contributed by atoms with E-state index in [4.69, 9.17) is 11.6 Å². The van der Waals surface area contributed by atoms with Crippen LogP contribution in [-0.4, -0.2) is 64.4 Å². The summed E-state index contributed by atoms with van der Waals surface area (Å²) in [6.07, 6.45) is 0. The largest absolute Gasteiger partial charge is 0.336 e. The number of halogens is 1. The van der Waals surface area contributed by atoms with Crippen LogP contribution in [0.5, 0.6) is 0 Å². The summed E-state index contributed by atoms with van der Waals surface area (Å²) < 4.78 is 27.0. The van der Waals surface area contributed by atoms with Crippen molar-refractivity contribution < 1.29 is 13.2 Å². The normalized spacial score (nSPS) is 15.5. The molecule has 8 heteroatoms. The molecule has 0 spiro atoms. The Labute approximate surface area is 171 Å². The van der Waals surface area contributed by atoms with Crippen molar-refractivity contribution in [2.45, 2.75) is 11.8 Å². The molecule has 2 aromatic rings. The molecule has 28 heavy (non-hydrogen) atoms. The first kappa shape index (κ1) is 20.6. The number of hydrogen-bond acceptors (Lipinski definition) is 4. The third kappa shape index (κ3) is 4.16. The smallest absolute Gasteiger partial charge is 0.264 e. The van der Waals surface area contributed by atoms with E-state index in [0.29, 0.717) is 29.4 Å². The lowest BCUT2D eigenvalue weighted by Crippen LogP contribution is -2.47. The standard InChI is InChI=1S/C20H24ClN3O3S/c1-15-14-16(20(25)24-12-10-22(2)11-13-24)4-9-19(15)23(3)28(26,27)18-7-5-17(21)6-8-18/h4-9,14H,10-13H2,1-3H3. The fraction of sp³-hybridized carbons (Fsp3) is 0.350. The van der Waals surface area contributed by atoms with Crippen molar-refractivity contribution >= 4 is 33.2 Å². The molecule has 150 valence electrons. The van der Waals surface area contributed by atoms with Crippen LogP contribution in [0, 0.1) is 6.92 Å². The summed E-state index contributed by atoms with van der Waals surface area (Å²) in [5, 5.41) is 0.476. The summed E-state index contributed by atoms with van der Waals surface area (Å²) in [6.45, 7) is 4.90. The SMILES string of the molecule is Cc1cc(C(=O)N2CCN(C)CC2)ccc1N(C)S(=O)(=O)c1ccc(Cl)cc1. The van der Waals surface area contributed by atoms with Crippen LogP contribution >= 0.6 is 11.6 Å². The van der Waals surface area contributed by atoms with Crippen molar-refractivity contribution in [2.75, 3.05) is 44.6 Å². The lowest BCUT2D eigenvalue weighted by Gasteiger charge is -2.32. The van der Waals surface area contributed by atoms with E-state index in [1.54, 1.807) is 30.3 Å². The minimum Gasteiger partial charge on any atom is -0.336 e. The van der Waals surface area contributed by atoms with Crippen LogP contribution in [-0.2, 0) is 10.0 Å². The average Bonchev–Trinajstić information content (AvgIpc) is 2.67. The molecule has 0 radical (unpaired) electrons. The Hall–Kier alpha value is -2.09. The van der Waals surface area contributed by atoms with Gasteiger partial charge in [0.2, 0.25) is 0 Å². The van der Waals surface area contributed by atoms with Gasteiger partial charge in [-0.05, 0) is 62.0 Å². The van der Waals surface area contributed by atoms with Crippen LogP contribution in [0.2, 0.25) is 5.02 Å². The predicted molar refractivity (Wildman–Crippen MR) is 112 cm³/mol. The maximum absolute atomic E-state index is 12.9. The third-order valence-electron chi connectivity index (χ3n) is 5.05. The molecule has 0 saturated carbocycles. The Bertz CT molecular complexity index is 969. The molecule has 1 saturated heterocycles. The second-order valence-electron chi connectivity index (χ2n) is 7.02. The number of benzene rings is 2. The van der Waals surface area contributed by atoms with E-state index in [9.17, 15) is 13.2 Å². The number of carbonyl (C=O) groups excluding carboxylic acids is 1. The third-order valence-corrected chi connectivity index (χ3v) is 7.08. The molecule has 1 aliphatic heterocycles. The van der Waals surface area contributed by atoms with E-state index in [2.05, 4.69) is 4.90 Å². The molecule has 6 nitrogen and oxygen atoms in total. The highest BCUT2D eigenvalue weighted by molar-refractivity contribution is 7.92. The Kier molecular flexibility index (Phi) is 5.98. The highest BCUT2D eigenvalue weighted by atomic mass is 35.5. The number of likely N-dealkylation sites (N-methyl/N-ethyl adjacent to an activating group) is 1. The van der Waals surface area contributed by atoms with Crippen LogP contribution in [0.25, 0.3) is 0 Å². The van der Waals surface area contributed by atoms with E-state index in [1.807, 2.05) is 18.9 Å². The summed E-state index contributed by atoms with van der Waals surface area (Å²) in [4.78, 5) is 16.9. The Morgan fingerprint density at radius 2 is 1.64 bits per heavy atom. The zero-order valence-electron chi connectivity index (χ0n) is 16.2. The number of anilines is 1. The van der Waals surface area contributed by atoms with E-state index in [1.165, 1.54) is 23.5 Å². The fourth-order valence-electron chi connectivity index (χ4n) is 3.23. The van der Waals surface area contributed by atoms with Gasteiger partial charge in [-0.1, -0.05) is 11.6 Å². The molecule has 0 unspecified atom stereocenters. The molecular weight excluding hydrogens is 398 g/mol. The summed E-state index contributed by atoms with van der Waals surface area (Å²) in [7, 11) is -0.170. The number of nitrogens with zero attached hydrogens (tertiary/aromatic N) is 3. The summed E-state index contributed by atoms with van der Waals surface area (Å²) in [5.41, 5.74) is 1.83. The molecule has 0 aromatic heterocycles. The van der Waals surface area contributed by atoms with E-state index >= 15 is 0 Å². The summed E-state index contributed by atoms with van der Waals surface area (Å²) >= 11 is 5.86. The van der Waals surface area contributed by atoms with Gasteiger partial charge in [-0.3, -0.25) is 9.10 Å². The molecule has 2 aromatic carbocycles. The number of rotatable bonds is 4. The van der Waals surface area contributed by atoms with Crippen LogP contribution in [0.15, 0.2) is 47.4 Å². The van der Waals surface area contributed by atoms with Gasteiger partial charge in [0.15, 0.2) is 0 Å². The zero-order valence-corrected chi connectivity index (χ0v) is 17.8. The Morgan fingerprint density at radius 1 is 1.04 bits per heavy atom. The Balaban J connectivity index is 1.83. The van der Waals surface area contributed by atoms with Crippen LogP contribution in [0.4, 0.5) is 5.69 Å². The maximum Gasteiger partial charge on any atom is 0.264 e. The van der Waals surface area contributed by atoms with Gasteiger partial charge in [-0.25, -0.2) is 8.42 Å². The van der Waals surface area contributed by atoms with Gasteiger partial charge >= 0.3 is 0 Å². The number of aryl methyl sites for hydroxylation is 1. The monoisotopic (exact) mass is 421 g/mol. The minimum absolute atomic E-state index is 0.0223. The molecule has 0 atom stereocenters. The van der Waals surface area contributed by atoms with E-state index in [0.717, 1.165) is 18.7 Å². The topological polar surface area (TPSA) is 60.9 Å². The van der Waals surface area contributed by atoms with Gasteiger partial charge in [0.1, 0.15) is 0 Å². The minimum atomic E-state index is -3.72. The molecule has 3 rings (SSSR count). The summed E-state index contributed by atoms with van der Waals surface area (Å²) in [6, 6.07) is 11.2. The lowest BCUT2D eigenvalue weighted by atomic mass is 10.1. The molecule has 1 fully saturated rings. The van der Waals surface area contributed by atoms with Crippen molar-refractivity contribution in [3.8, 4) is 0 Å². The fourth-order valence-corrected chi connectivity index (χ4v) is 4.61. The van der Waals surface area contributed by atoms with Gasteiger partial charge in [0.05, 0.1) is 10.6 Å². The van der Waals surface area contributed by atoms with Gasteiger partial charge in [-0.2, -0.15) is 0 Å². The first-order valence-corrected chi connectivity index (χ1v) is 10.8. The second-order valence-corrected chi connectivity index (χ2v) is 9.43. The summed E-state index contributed by atoms with van der Waals surface area (Å²) in [5.74, 6) is -0.0223. The number of hydrogen-bond donors (Lipinski definition) is 0.